The number of aliphatic hydroxyl groups excluding tert-OH is 1. The summed E-state index contributed by atoms with van der Waals surface area (Å²) in [6.07, 6.45) is 0.298. The lowest BCUT2D eigenvalue weighted by molar-refractivity contribution is 0.160. The Labute approximate surface area is 118 Å². The largest absolute Gasteiger partial charge is 0.386 e. The zero-order valence-corrected chi connectivity index (χ0v) is 13.5. The summed E-state index contributed by atoms with van der Waals surface area (Å²) in [5.74, 6) is 0. The predicted molar refractivity (Wildman–Crippen MR) is 75.9 cm³/mol. The lowest BCUT2D eigenvalue weighted by Gasteiger charge is -2.29. The highest BCUT2D eigenvalue weighted by Crippen LogP contribution is 2.41. The van der Waals surface area contributed by atoms with Crippen LogP contribution in [0.4, 0.5) is 0 Å². The molecule has 0 unspecified atom stereocenters. The molecule has 0 aliphatic carbocycles. The van der Waals surface area contributed by atoms with E-state index in [0.717, 1.165) is 10.7 Å². The van der Waals surface area contributed by atoms with Gasteiger partial charge in [0.05, 0.1) is 0 Å². The molecule has 0 aliphatic rings. The van der Waals surface area contributed by atoms with Crippen molar-refractivity contribution >= 4 is 41.7 Å². The van der Waals surface area contributed by atoms with Gasteiger partial charge in [0.1, 0.15) is 6.10 Å². The number of aliphatic hydroxyl groups is 1. The second kappa shape index (κ2) is 5.38. The lowest BCUT2D eigenvalue weighted by atomic mass is 10.1. The first-order chi connectivity index (χ1) is 7.72. The van der Waals surface area contributed by atoms with Crippen LogP contribution < -0.4 is 0 Å². The van der Waals surface area contributed by atoms with Gasteiger partial charge in [-0.05, 0) is 24.1 Å². The Balaban J connectivity index is 3.19. The summed E-state index contributed by atoms with van der Waals surface area (Å²) in [5.41, 5.74) is 0.567. The first-order valence-electron chi connectivity index (χ1n) is 5.04. The Morgan fingerprint density at radius 3 is 2.18 bits per heavy atom. The molecular weight excluding hydrogens is 372 g/mol. The zero-order chi connectivity index (χ0) is 13.3. The number of hydrogen-bond acceptors (Lipinski definition) is 3. The summed E-state index contributed by atoms with van der Waals surface area (Å²) in [7, 11) is -3.42. The van der Waals surface area contributed by atoms with Gasteiger partial charge in [-0.2, -0.15) is 0 Å². The second-order valence-electron chi connectivity index (χ2n) is 3.87. The predicted octanol–water partition coefficient (Wildman–Crippen LogP) is 3.03. The molecule has 2 atom stereocenters. The van der Waals surface area contributed by atoms with Crippen molar-refractivity contribution in [1.29, 1.82) is 0 Å². The Bertz CT molecular complexity index is 484. The molecule has 3 nitrogen and oxygen atoms in total. The fourth-order valence-electron chi connectivity index (χ4n) is 1.55. The third kappa shape index (κ3) is 3.10. The summed E-state index contributed by atoms with van der Waals surface area (Å²) in [6, 6.07) is 6.94. The smallest absolute Gasteiger partial charge is 0.166 e. The van der Waals surface area contributed by atoms with Gasteiger partial charge in [-0.25, -0.2) is 8.42 Å². The molecule has 1 aromatic rings. The zero-order valence-electron chi connectivity index (χ0n) is 9.52. The number of hydrogen-bond donors (Lipinski definition) is 1. The van der Waals surface area contributed by atoms with Crippen molar-refractivity contribution in [3.63, 3.8) is 0 Å². The minimum absolute atomic E-state index is 0.281. The minimum atomic E-state index is -3.42. The fourth-order valence-corrected chi connectivity index (χ4v) is 3.15. The highest BCUT2D eigenvalue weighted by molar-refractivity contribution is 9.11. The minimum Gasteiger partial charge on any atom is -0.386 e. The van der Waals surface area contributed by atoms with E-state index in [1.807, 2.05) is 0 Å². The van der Waals surface area contributed by atoms with Gasteiger partial charge >= 0.3 is 0 Å². The molecule has 0 aliphatic heterocycles. The number of benzene rings is 1. The molecule has 1 rings (SSSR count). The van der Waals surface area contributed by atoms with Crippen LogP contribution in [0, 0.1) is 0 Å². The Morgan fingerprint density at radius 2 is 1.82 bits per heavy atom. The van der Waals surface area contributed by atoms with Crippen molar-refractivity contribution in [3.05, 3.63) is 34.3 Å². The molecule has 6 heteroatoms. The summed E-state index contributed by atoms with van der Waals surface area (Å²) < 4.78 is 23.0. The van der Waals surface area contributed by atoms with Crippen LogP contribution in [0.25, 0.3) is 0 Å². The third-order valence-electron chi connectivity index (χ3n) is 2.69. The molecule has 0 radical (unpaired) electrons. The molecule has 1 N–H and O–H groups in total. The van der Waals surface area contributed by atoms with E-state index in [0.29, 0.717) is 5.56 Å². The van der Waals surface area contributed by atoms with E-state index in [4.69, 9.17) is 0 Å². The van der Waals surface area contributed by atoms with Gasteiger partial charge in [0.15, 0.2) is 13.5 Å². The first-order valence-corrected chi connectivity index (χ1v) is 8.52. The van der Waals surface area contributed by atoms with Crippen LogP contribution in [0.1, 0.15) is 25.0 Å². The monoisotopic (exact) mass is 384 g/mol. The maximum absolute atomic E-state index is 11.7. The standard InChI is InChI=1S/C11H14Br2O3S/c1-3-11(13,17(2,15)16)10(14)8-4-6-9(12)7-5-8/h4-7,10,14H,3H2,1-2H3/t10-,11-/m1/s1. The molecule has 96 valence electrons. The molecule has 1 aromatic carbocycles. The Hall–Kier alpha value is 0.0900. The van der Waals surface area contributed by atoms with E-state index in [-0.39, 0.29) is 6.42 Å². The van der Waals surface area contributed by atoms with Crippen LogP contribution in [0.3, 0.4) is 0 Å². The van der Waals surface area contributed by atoms with E-state index in [1.165, 1.54) is 0 Å². The first kappa shape index (κ1) is 15.1. The molecule has 0 aromatic heterocycles. The molecule has 0 heterocycles. The molecule has 0 saturated heterocycles. The van der Waals surface area contributed by atoms with Gasteiger partial charge in [-0.1, -0.05) is 50.9 Å². The number of sulfone groups is 1. The van der Waals surface area contributed by atoms with E-state index in [2.05, 4.69) is 31.9 Å². The number of rotatable bonds is 4. The Morgan fingerprint density at radius 1 is 1.35 bits per heavy atom. The van der Waals surface area contributed by atoms with E-state index < -0.39 is 19.6 Å². The van der Waals surface area contributed by atoms with Crippen molar-refractivity contribution in [2.24, 2.45) is 0 Å². The average molecular weight is 386 g/mol. The molecule has 0 saturated carbocycles. The van der Waals surface area contributed by atoms with Gasteiger partial charge in [0.25, 0.3) is 0 Å². The maximum Gasteiger partial charge on any atom is 0.166 e. The van der Waals surface area contributed by atoms with Gasteiger partial charge in [0.2, 0.25) is 0 Å². The topological polar surface area (TPSA) is 54.4 Å². The normalized spacial score (nSPS) is 17.5. The highest BCUT2D eigenvalue weighted by Gasteiger charge is 2.44. The summed E-state index contributed by atoms with van der Waals surface area (Å²) in [5, 5.41) is 10.2. The molecule has 17 heavy (non-hydrogen) atoms. The van der Waals surface area contributed by atoms with Crippen LogP contribution in [0.2, 0.25) is 0 Å². The molecular formula is C11H14Br2O3S. The van der Waals surface area contributed by atoms with E-state index in [9.17, 15) is 13.5 Å². The van der Waals surface area contributed by atoms with Crippen molar-refractivity contribution in [2.45, 2.75) is 23.1 Å². The van der Waals surface area contributed by atoms with Crippen LogP contribution in [0.5, 0.6) is 0 Å². The molecule has 0 spiro atoms. The van der Waals surface area contributed by atoms with Crippen molar-refractivity contribution < 1.29 is 13.5 Å². The van der Waals surface area contributed by atoms with Crippen LogP contribution in [0.15, 0.2) is 28.7 Å². The Kier molecular flexibility index (Phi) is 4.80. The van der Waals surface area contributed by atoms with E-state index >= 15 is 0 Å². The molecule has 0 fully saturated rings. The third-order valence-corrected chi connectivity index (χ3v) is 7.72. The fraction of sp³-hybridized carbons (Fsp3) is 0.455. The number of halogens is 2. The quantitative estimate of drug-likeness (QED) is 0.810. The molecule has 0 bridgehead atoms. The SMILES string of the molecule is CC[C@](Br)([C@H](O)c1ccc(Br)cc1)S(C)(=O)=O. The van der Waals surface area contributed by atoms with Crippen molar-refractivity contribution in [3.8, 4) is 0 Å². The lowest BCUT2D eigenvalue weighted by Crippen LogP contribution is -2.37. The molecule has 0 amide bonds. The average Bonchev–Trinajstić information content (AvgIpc) is 2.26. The van der Waals surface area contributed by atoms with E-state index in [1.54, 1.807) is 31.2 Å². The van der Waals surface area contributed by atoms with Crippen LogP contribution in [-0.2, 0) is 9.84 Å². The van der Waals surface area contributed by atoms with Crippen LogP contribution >= 0.6 is 31.9 Å². The van der Waals surface area contributed by atoms with Crippen molar-refractivity contribution in [1.82, 2.24) is 0 Å². The number of alkyl halides is 1. The van der Waals surface area contributed by atoms with Crippen molar-refractivity contribution in [2.75, 3.05) is 6.26 Å². The van der Waals surface area contributed by atoms with Gasteiger partial charge in [0, 0.05) is 10.7 Å². The van der Waals surface area contributed by atoms with Gasteiger partial charge in [-0.3, -0.25) is 0 Å². The van der Waals surface area contributed by atoms with Gasteiger partial charge < -0.3 is 5.11 Å². The van der Waals surface area contributed by atoms with Gasteiger partial charge in [-0.15, -0.1) is 0 Å². The second-order valence-corrected chi connectivity index (χ2v) is 8.99. The highest BCUT2D eigenvalue weighted by atomic mass is 79.9. The summed E-state index contributed by atoms with van der Waals surface area (Å²) in [6.45, 7) is 1.72. The van der Waals surface area contributed by atoms with Crippen LogP contribution in [-0.4, -0.2) is 23.4 Å². The summed E-state index contributed by atoms with van der Waals surface area (Å²) in [4.78, 5) is 0. The summed E-state index contributed by atoms with van der Waals surface area (Å²) >= 11 is 6.47. The maximum atomic E-state index is 11.7.